The number of hydrogen-bond donors (Lipinski definition) is 2. The summed E-state index contributed by atoms with van der Waals surface area (Å²) in [5.74, 6) is 0.334. The number of carboxylic acid groups (broad SMARTS) is 1. The lowest BCUT2D eigenvalue weighted by molar-refractivity contribution is -0.144. The number of aliphatic carboxylic acids is 1. The Hall–Kier alpha value is -3.75. The highest BCUT2D eigenvalue weighted by molar-refractivity contribution is 5.83. The Morgan fingerprint density at radius 1 is 1.07 bits per heavy atom. The Balaban J connectivity index is 1.88. The lowest BCUT2D eigenvalue weighted by atomic mass is 10.2. The second-order valence-corrected chi connectivity index (χ2v) is 5.77. The quantitative estimate of drug-likeness (QED) is 0.462. The van der Waals surface area contributed by atoms with E-state index in [-0.39, 0.29) is 12.4 Å². The Kier molecular flexibility index (Phi) is 7.84. The van der Waals surface area contributed by atoms with E-state index in [0.29, 0.717) is 22.8 Å². The zero-order valence-corrected chi connectivity index (χ0v) is 16.2. The number of carboxylic acids is 1. The van der Waals surface area contributed by atoms with Crippen molar-refractivity contribution in [2.45, 2.75) is 13.0 Å². The second kappa shape index (κ2) is 10.5. The number of hydrogen-bond acceptors (Lipinski definition) is 7. The Bertz CT molecular complexity index is 866. The minimum Gasteiger partial charge on any atom is -0.497 e. The zero-order chi connectivity index (χ0) is 21.2. The molecule has 0 saturated carbocycles. The van der Waals surface area contributed by atoms with E-state index in [2.05, 4.69) is 10.5 Å². The summed E-state index contributed by atoms with van der Waals surface area (Å²) < 4.78 is 20.9. The molecule has 1 amide bonds. The smallest absolute Gasteiger partial charge is 0.344 e. The number of ether oxygens (including phenoxy) is 4. The standard InChI is InChI=1S/C20H22N2O7/c1-13(20(24)25)29-17-9-4-14(10-18(17)27-3)11-21-22-19(23)12-28-16-7-5-15(26-2)6-8-16/h4-11,13H,12H2,1-3H3,(H,22,23)(H,24,25)/b21-11+/t13-/m0/s1. The fourth-order valence-corrected chi connectivity index (χ4v) is 2.13. The van der Waals surface area contributed by atoms with Gasteiger partial charge in [0, 0.05) is 0 Å². The predicted octanol–water partition coefficient (Wildman–Crippen LogP) is 2.08. The summed E-state index contributed by atoms with van der Waals surface area (Å²) in [4.78, 5) is 22.7. The monoisotopic (exact) mass is 402 g/mol. The topological polar surface area (TPSA) is 116 Å². The molecule has 0 unspecified atom stereocenters. The molecule has 0 aliphatic heterocycles. The van der Waals surface area contributed by atoms with Crippen molar-refractivity contribution in [2.24, 2.45) is 5.10 Å². The van der Waals surface area contributed by atoms with Gasteiger partial charge in [0.1, 0.15) is 11.5 Å². The summed E-state index contributed by atoms with van der Waals surface area (Å²) in [5.41, 5.74) is 2.97. The number of benzene rings is 2. The molecule has 2 aromatic carbocycles. The predicted molar refractivity (Wildman–Crippen MR) is 105 cm³/mol. The molecule has 1 atom stereocenters. The van der Waals surface area contributed by atoms with Crippen molar-refractivity contribution in [1.82, 2.24) is 5.43 Å². The Morgan fingerprint density at radius 3 is 2.38 bits per heavy atom. The highest BCUT2D eigenvalue weighted by Gasteiger charge is 2.15. The van der Waals surface area contributed by atoms with Crippen LogP contribution < -0.4 is 24.4 Å². The molecule has 0 fully saturated rings. The minimum absolute atomic E-state index is 0.202. The Morgan fingerprint density at radius 2 is 1.76 bits per heavy atom. The fourth-order valence-electron chi connectivity index (χ4n) is 2.13. The maximum atomic E-state index is 11.8. The molecule has 0 radical (unpaired) electrons. The van der Waals surface area contributed by atoms with Crippen LogP contribution in [0.3, 0.4) is 0 Å². The largest absolute Gasteiger partial charge is 0.497 e. The number of amides is 1. The van der Waals surface area contributed by atoms with E-state index in [0.717, 1.165) is 0 Å². The van der Waals surface area contributed by atoms with Crippen LogP contribution in [0.15, 0.2) is 47.6 Å². The van der Waals surface area contributed by atoms with Crippen LogP contribution in [0.4, 0.5) is 0 Å². The third-order valence-electron chi connectivity index (χ3n) is 3.67. The van der Waals surface area contributed by atoms with Crippen LogP contribution in [0, 0.1) is 0 Å². The summed E-state index contributed by atoms with van der Waals surface area (Å²) in [6.45, 7) is 1.22. The van der Waals surface area contributed by atoms with Gasteiger partial charge in [0.15, 0.2) is 24.2 Å². The summed E-state index contributed by atoms with van der Waals surface area (Å²) in [6, 6.07) is 11.7. The Labute approximate surface area is 167 Å². The van der Waals surface area contributed by atoms with Crippen LogP contribution in [0.1, 0.15) is 12.5 Å². The van der Waals surface area contributed by atoms with Gasteiger partial charge in [-0.3, -0.25) is 4.79 Å². The average molecular weight is 402 g/mol. The lowest BCUT2D eigenvalue weighted by Crippen LogP contribution is -2.24. The first-order chi connectivity index (χ1) is 13.9. The van der Waals surface area contributed by atoms with Crippen molar-refractivity contribution in [3.05, 3.63) is 48.0 Å². The molecule has 154 valence electrons. The second-order valence-electron chi connectivity index (χ2n) is 5.77. The van der Waals surface area contributed by atoms with Gasteiger partial charge in [-0.25, -0.2) is 10.2 Å². The zero-order valence-electron chi connectivity index (χ0n) is 16.2. The molecule has 9 heteroatoms. The first kappa shape index (κ1) is 21.5. The van der Waals surface area contributed by atoms with Crippen LogP contribution in [0.2, 0.25) is 0 Å². The summed E-state index contributed by atoms with van der Waals surface area (Å²) >= 11 is 0. The van der Waals surface area contributed by atoms with E-state index < -0.39 is 18.0 Å². The molecule has 0 saturated heterocycles. The van der Waals surface area contributed by atoms with E-state index >= 15 is 0 Å². The van der Waals surface area contributed by atoms with E-state index in [4.69, 9.17) is 24.1 Å². The van der Waals surface area contributed by atoms with Crippen LogP contribution in [0.25, 0.3) is 0 Å². The SMILES string of the molecule is COc1ccc(OCC(=O)N/N=C/c2ccc(O[C@@H](C)C(=O)O)c(OC)c2)cc1. The molecule has 0 spiro atoms. The van der Waals surface area contributed by atoms with Gasteiger partial charge >= 0.3 is 5.97 Å². The molecule has 2 aromatic rings. The van der Waals surface area contributed by atoms with Gasteiger partial charge in [-0.05, 0) is 55.0 Å². The third-order valence-corrected chi connectivity index (χ3v) is 3.67. The van der Waals surface area contributed by atoms with Gasteiger partial charge in [0.25, 0.3) is 5.91 Å². The molecule has 2 N–H and O–H groups in total. The van der Waals surface area contributed by atoms with Gasteiger partial charge < -0.3 is 24.1 Å². The van der Waals surface area contributed by atoms with Crippen molar-refractivity contribution in [3.63, 3.8) is 0 Å². The van der Waals surface area contributed by atoms with Gasteiger partial charge in [-0.2, -0.15) is 5.10 Å². The van der Waals surface area contributed by atoms with Gasteiger partial charge in [-0.15, -0.1) is 0 Å². The molecule has 0 bridgehead atoms. The molecule has 29 heavy (non-hydrogen) atoms. The van der Waals surface area contributed by atoms with Crippen molar-refractivity contribution < 1.29 is 33.6 Å². The van der Waals surface area contributed by atoms with E-state index in [1.165, 1.54) is 20.2 Å². The molecule has 0 aromatic heterocycles. The number of nitrogens with one attached hydrogen (secondary N) is 1. The number of hydrazone groups is 1. The normalized spacial score (nSPS) is 11.6. The molecule has 0 aliphatic rings. The van der Waals surface area contributed by atoms with Crippen molar-refractivity contribution in [3.8, 4) is 23.0 Å². The molecular formula is C20H22N2O7. The van der Waals surface area contributed by atoms with Crippen molar-refractivity contribution in [1.29, 1.82) is 0 Å². The molecule has 0 aliphatic carbocycles. The number of carbonyl (C=O) groups is 2. The van der Waals surface area contributed by atoms with Crippen LogP contribution >= 0.6 is 0 Å². The van der Waals surface area contributed by atoms with Crippen molar-refractivity contribution in [2.75, 3.05) is 20.8 Å². The fraction of sp³-hybridized carbons (Fsp3) is 0.250. The van der Waals surface area contributed by atoms with E-state index in [1.54, 1.807) is 49.6 Å². The summed E-state index contributed by atoms with van der Waals surface area (Å²) in [5, 5.41) is 12.8. The first-order valence-electron chi connectivity index (χ1n) is 8.59. The molecular weight excluding hydrogens is 380 g/mol. The summed E-state index contributed by atoms with van der Waals surface area (Å²) in [7, 11) is 3.00. The van der Waals surface area contributed by atoms with Gasteiger partial charge in [-0.1, -0.05) is 0 Å². The van der Waals surface area contributed by atoms with E-state index in [9.17, 15) is 9.59 Å². The van der Waals surface area contributed by atoms with Crippen LogP contribution in [-0.4, -0.2) is 50.1 Å². The summed E-state index contributed by atoms with van der Waals surface area (Å²) in [6.07, 6.45) is 0.395. The molecule has 9 nitrogen and oxygen atoms in total. The number of rotatable bonds is 10. The molecule has 2 rings (SSSR count). The van der Waals surface area contributed by atoms with Gasteiger partial charge in [0.2, 0.25) is 0 Å². The highest BCUT2D eigenvalue weighted by atomic mass is 16.5. The maximum absolute atomic E-state index is 11.8. The number of nitrogens with zero attached hydrogens (tertiary/aromatic N) is 1. The minimum atomic E-state index is -1.09. The maximum Gasteiger partial charge on any atom is 0.344 e. The van der Waals surface area contributed by atoms with Crippen LogP contribution in [0.5, 0.6) is 23.0 Å². The molecule has 0 heterocycles. The van der Waals surface area contributed by atoms with Crippen molar-refractivity contribution >= 4 is 18.1 Å². The van der Waals surface area contributed by atoms with Gasteiger partial charge in [0.05, 0.1) is 20.4 Å². The van der Waals surface area contributed by atoms with Crippen LogP contribution in [-0.2, 0) is 9.59 Å². The third kappa shape index (κ3) is 6.73. The first-order valence-corrected chi connectivity index (χ1v) is 8.59. The number of carbonyl (C=O) groups excluding carboxylic acids is 1. The number of methoxy groups -OCH3 is 2. The van der Waals surface area contributed by atoms with E-state index in [1.807, 2.05) is 0 Å². The average Bonchev–Trinajstić information content (AvgIpc) is 2.73. The lowest BCUT2D eigenvalue weighted by Gasteiger charge is -2.14. The highest BCUT2D eigenvalue weighted by Crippen LogP contribution is 2.28.